The topological polar surface area (TPSA) is 98.7 Å². The molecule has 0 aliphatic rings. The second-order valence-corrected chi connectivity index (χ2v) is 4.00. The van der Waals surface area contributed by atoms with Crippen molar-refractivity contribution < 1.29 is 0 Å². The van der Waals surface area contributed by atoms with E-state index >= 15 is 0 Å². The lowest BCUT2D eigenvalue weighted by Crippen LogP contribution is -2.38. The quantitative estimate of drug-likeness (QED) is 0.733. The van der Waals surface area contributed by atoms with Crippen molar-refractivity contribution in [3.8, 4) is 0 Å². The van der Waals surface area contributed by atoms with Crippen molar-refractivity contribution in [3.05, 3.63) is 26.7 Å². The first-order valence-corrected chi connectivity index (χ1v) is 5.42. The number of rotatable bonds is 2. The molecule has 0 saturated heterocycles. The Kier molecular flexibility index (Phi) is 2.62. The first-order chi connectivity index (χ1) is 7.97. The van der Waals surface area contributed by atoms with Gasteiger partial charge in [0.05, 0.1) is 6.04 Å². The van der Waals surface area contributed by atoms with E-state index in [1.807, 2.05) is 0 Å². The van der Waals surface area contributed by atoms with Gasteiger partial charge in [-0.25, -0.2) is 9.78 Å². The van der Waals surface area contributed by atoms with Gasteiger partial charge in [0.25, 0.3) is 5.56 Å². The SMILES string of the molecule is CCn1c(=O)c2[nH]c(C(C)N)nc2n(C)c1=O. The molecule has 92 valence electrons. The van der Waals surface area contributed by atoms with Crippen molar-refractivity contribution in [1.29, 1.82) is 0 Å². The number of hydrogen-bond acceptors (Lipinski definition) is 4. The zero-order valence-corrected chi connectivity index (χ0v) is 10.0. The average molecular weight is 237 g/mol. The lowest BCUT2D eigenvalue weighted by molar-refractivity contribution is 0.637. The maximum absolute atomic E-state index is 12.0. The third-order valence-electron chi connectivity index (χ3n) is 2.75. The summed E-state index contributed by atoms with van der Waals surface area (Å²) in [5.74, 6) is 0.501. The summed E-state index contributed by atoms with van der Waals surface area (Å²) in [6.07, 6.45) is 0. The van der Waals surface area contributed by atoms with Crippen LogP contribution in [0.5, 0.6) is 0 Å². The Morgan fingerprint density at radius 2 is 2.12 bits per heavy atom. The van der Waals surface area contributed by atoms with Gasteiger partial charge in [0, 0.05) is 13.6 Å². The summed E-state index contributed by atoms with van der Waals surface area (Å²) in [6, 6.07) is -0.313. The second kappa shape index (κ2) is 3.85. The molecule has 2 aromatic rings. The van der Waals surface area contributed by atoms with E-state index in [4.69, 9.17) is 5.73 Å². The van der Waals surface area contributed by atoms with E-state index < -0.39 is 0 Å². The van der Waals surface area contributed by atoms with Gasteiger partial charge < -0.3 is 10.7 Å². The number of aryl methyl sites for hydroxylation is 1. The number of hydrogen-bond donors (Lipinski definition) is 2. The number of imidazole rings is 1. The van der Waals surface area contributed by atoms with Gasteiger partial charge >= 0.3 is 5.69 Å². The normalized spacial score (nSPS) is 13.2. The van der Waals surface area contributed by atoms with Crippen molar-refractivity contribution in [2.75, 3.05) is 0 Å². The van der Waals surface area contributed by atoms with E-state index in [1.165, 1.54) is 4.57 Å². The van der Waals surface area contributed by atoms with E-state index in [2.05, 4.69) is 9.97 Å². The number of aromatic nitrogens is 4. The zero-order valence-electron chi connectivity index (χ0n) is 10.0. The molecule has 0 aromatic carbocycles. The molecule has 1 atom stereocenters. The minimum Gasteiger partial charge on any atom is -0.335 e. The lowest BCUT2D eigenvalue weighted by atomic mass is 10.3. The molecule has 2 heterocycles. The van der Waals surface area contributed by atoms with Crippen LogP contribution in [0.25, 0.3) is 11.2 Å². The molecule has 2 aromatic heterocycles. The second-order valence-electron chi connectivity index (χ2n) is 4.00. The summed E-state index contributed by atoms with van der Waals surface area (Å²) in [5.41, 5.74) is 5.64. The molecule has 17 heavy (non-hydrogen) atoms. The first kappa shape index (κ1) is 11.6. The molecular weight excluding hydrogens is 222 g/mol. The molecule has 0 spiro atoms. The highest BCUT2D eigenvalue weighted by molar-refractivity contribution is 5.69. The molecule has 7 heteroatoms. The number of fused-ring (bicyclic) bond motifs is 1. The molecule has 0 amide bonds. The van der Waals surface area contributed by atoms with Crippen LogP contribution in [0, 0.1) is 0 Å². The fourth-order valence-corrected chi connectivity index (χ4v) is 1.76. The average Bonchev–Trinajstić information content (AvgIpc) is 2.72. The van der Waals surface area contributed by atoms with Crippen molar-refractivity contribution in [1.82, 2.24) is 19.1 Å². The summed E-state index contributed by atoms with van der Waals surface area (Å²) < 4.78 is 2.51. The molecule has 0 saturated carbocycles. The number of nitrogens with zero attached hydrogens (tertiary/aromatic N) is 3. The summed E-state index contributed by atoms with van der Waals surface area (Å²) in [5, 5.41) is 0. The van der Waals surface area contributed by atoms with Crippen LogP contribution in [0.4, 0.5) is 0 Å². The van der Waals surface area contributed by atoms with Crippen LogP contribution >= 0.6 is 0 Å². The largest absolute Gasteiger partial charge is 0.335 e. The Bertz CT molecular complexity index is 676. The van der Waals surface area contributed by atoms with Gasteiger partial charge in [-0.15, -0.1) is 0 Å². The maximum Gasteiger partial charge on any atom is 0.332 e. The number of aromatic amines is 1. The number of nitrogens with one attached hydrogen (secondary N) is 1. The maximum atomic E-state index is 12.0. The number of nitrogens with two attached hydrogens (primary N) is 1. The molecule has 0 bridgehead atoms. The zero-order chi connectivity index (χ0) is 12.7. The lowest BCUT2D eigenvalue weighted by Gasteiger charge is -2.03. The fourth-order valence-electron chi connectivity index (χ4n) is 1.76. The van der Waals surface area contributed by atoms with E-state index in [9.17, 15) is 9.59 Å². The summed E-state index contributed by atoms with van der Waals surface area (Å²) >= 11 is 0. The van der Waals surface area contributed by atoms with Crippen molar-refractivity contribution in [3.63, 3.8) is 0 Å². The molecule has 2 rings (SSSR count). The highest BCUT2D eigenvalue weighted by Crippen LogP contribution is 2.09. The standard InChI is InChI=1S/C10H15N5O2/c1-4-15-9(16)6-8(14(3)10(15)17)13-7(12-6)5(2)11/h5H,4,11H2,1-3H3,(H,12,13). The summed E-state index contributed by atoms with van der Waals surface area (Å²) in [6.45, 7) is 3.83. The van der Waals surface area contributed by atoms with Crippen LogP contribution in [0.1, 0.15) is 25.7 Å². The molecule has 0 aliphatic carbocycles. The third-order valence-corrected chi connectivity index (χ3v) is 2.75. The Labute approximate surface area is 96.9 Å². The third kappa shape index (κ3) is 1.59. The van der Waals surface area contributed by atoms with Gasteiger partial charge in [-0.3, -0.25) is 13.9 Å². The van der Waals surface area contributed by atoms with Crippen LogP contribution in [0.2, 0.25) is 0 Å². The van der Waals surface area contributed by atoms with Gasteiger partial charge in [-0.1, -0.05) is 0 Å². The van der Waals surface area contributed by atoms with Crippen molar-refractivity contribution in [2.45, 2.75) is 26.4 Å². The minimum absolute atomic E-state index is 0.313. The Hall–Kier alpha value is -1.89. The molecule has 0 fully saturated rings. The summed E-state index contributed by atoms with van der Waals surface area (Å²) in [7, 11) is 1.59. The molecular formula is C10H15N5O2. The van der Waals surface area contributed by atoms with Crippen LogP contribution < -0.4 is 17.0 Å². The Balaban J connectivity index is 2.94. The monoisotopic (exact) mass is 237 g/mol. The van der Waals surface area contributed by atoms with Gasteiger partial charge in [-0.05, 0) is 13.8 Å². The van der Waals surface area contributed by atoms with Gasteiger partial charge in [0.15, 0.2) is 5.65 Å². The molecule has 0 radical (unpaired) electrons. The van der Waals surface area contributed by atoms with Crippen LogP contribution in [-0.4, -0.2) is 19.1 Å². The van der Waals surface area contributed by atoms with E-state index in [-0.39, 0.29) is 17.3 Å². The van der Waals surface area contributed by atoms with Crippen LogP contribution in [0.3, 0.4) is 0 Å². The van der Waals surface area contributed by atoms with Crippen LogP contribution in [-0.2, 0) is 13.6 Å². The Morgan fingerprint density at radius 3 is 2.65 bits per heavy atom. The smallest absolute Gasteiger partial charge is 0.332 e. The summed E-state index contributed by atoms with van der Waals surface area (Å²) in [4.78, 5) is 30.9. The van der Waals surface area contributed by atoms with Gasteiger partial charge in [0.2, 0.25) is 0 Å². The first-order valence-electron chi connectivity index (χ1n) is 5.42. The van der Waals surface area contributed by atoms with Crippen molar-refractivity contribution >= 4 is 11.2 Å². The van der Waals surface area contributed by atoms with E-state index in [0.29, 0.717) is 23.5 Å². The van der Waals surface area contributed by atoms with E-state index in [0.717, 1.165) is 4.57 Å². The number of H-pyrrole nitrogens is 1. The minimum atomic E-state index is -0.368. The highest BCUT2D eigenvalue weighted by atomic mass is 16.2. The van der Waals surface area contributed by atoms with E-state index in [1.54, 1.807) is 20.9 Å². The molecule has 1 unspecified atom stereocenters. The van der Waals surface area contributed by atoms with Gasteiger partial charge in [-0.2, -0.15) is 0 Å². The molecule has 7 nitrogen and oxygen atoms in total. The fraction of sp³-hybridized carbons (Fsp3) is 0.500. The van der Waals surface area contributed by atoms with Crippen molar-refractivity contribution in [2.24, 2.45) is 12.8 Å². The highest BCUT2D eigenvalue weighted by Gasteiger charge is 2.15. The molecule has 0 aliphatic heterocycles. The predicted octanol–water partition coefficient (Wildman–Crippen LogP) is -0.537. The van der Waals surface area contributed by atoms with Gasteiger partial charge in [0.1, 0.15) is 11.3 Å². The Morgan fingerprint density at radius 1 is 1.47 bits per heavy atom. The molecule has 3 N–H and O–H groups in total. The van der Waals surface area contributed by atoms with Crippen LogP contribution in [0.15, 0.2) is 9.59 Å². The predicted molar refractivity (Wildman–Crippen MR) is 63.9 cm³/mol.